The molecule has 0 radical (unpaired) electrons. The SMILES string of the molecule is Cn1ncc(C(=O)N2CCCC2c2ccc(C(C)(C)C)cc2)c1N. The Kier molecular flexibility index (Phi) is 4.11. The highest BCUT2D eigenvalue weighted by atomic mass is 16.2. The molecule has 1 aliphatic heterocycles. The molecule has 128 valence electrons. The van der Waals surface area contributed by atoms with E-state index in [0.717, 1.165) is 19.4 Å². The summed E-state index contributed by atoms with van der Waals surface area (Å²) in [7, 11) is 1.75. The third-order valence-electron chi connectivity index (χ3n) is 4.89. The van der Waals surface area contributed by atoms with Gasteiger partial charge in [0.1, 0.15) is 11.4 Å². The summed E-state index contributed by atoms with van der Waals surface area (Å²) in [6, 6.07) is 8.78. The Morgan fingerprint density at radius 1 is 1.25 bits per heavy atom. The summed E-state index contributed by atoms with van der Waals surface area (Å²) < 4.78 is 1.54. The number of amides is 1. The Morgan fingerprint density at radius 3 is 2.46 bits per heavy atom. The van der Waals surface area contributed by atoms with Crippen LogP contribution in [-0.4, -0.2) is 27.1 Å². The number of aryl methyl sites for hydroxylation is 1. The predicted octanol–water partition coefficient (Wildman–Crippen LogP) is 3.28. The number of likely N-dealkylation sites (tertiary alicyclic amines) is 1. The van der Waals surface area contributed by atoms with E-state index in [1.54, 1.807) is 13.2 Å². The van der Waals surface area contributed by atoms with Gasteiger partial charge in [-0.15, -0.1) is 0 Å². The number of hydrogen-bond donors (Lipinski definition) is 1. The minimum absolute atomic E-state index is 0.0250. The molecule has 1 unspecified atom stereocenters. The lowest BCUT2D eigenvalue weighted by molar-refractivity contribution is 0.0736. The number of aromatic nitrogens is 2. The van der Waals surface area contributed by atoms with Crippen LogP contribution in [0.5, 0.6) is 0 Å². The van der Waals surface area contributed by atoms with E-state index in [1.165, 1.54) is 15.8 Å². The van der Waals surface area contributed by atoms with Crippen LogP contribution in [0.25, 0.3) is 0 Å². The third-order valence-corrected chi connectivity index (χ3v) is 4.89. The van der Waals surface area contributed by atoms with Gasteiger partial charge in [-0.3, -0.25) is 9.48 Å². The molecule has 24 heavy (non-hydrogen) atoms. The van der Waals surface area contributed by atoms with E-state index in [2.05, 4.69) is 50.1 Å². The van der Waals surface area contributed by atoms with Crippen LogP contribution in [0.2, 0.25) is 0 Å². The van der Waals surface area contributed by atoms with Crippen LogP contribution in [0.15, 0.2) is 30.5 Å². The first-order valence-corrected chi connectivity index (χ1v) is 8.48. The summed E-state index contributed by atoms with van der Waals surface area (Å²) in [5.41, 5.74) is 9.10. The topological polar surface area (TPSA) is 64.2 Å². The fourth-order valence-electron chi connectivity index (χ4n) is 3.33. The summed E-state index contributed by atoms with van der Waals surface area (Å²) in [4.78, 5) is 14.8. The molecule has 5 heteroatoms. The first-order valence-electron chi connectivity index (χ1n) is 8.48. The van der Waals surface area contributed by atoms with Gasteiger partial charge in [0.05, 0.1) is 12.2 Å². The molecule has 1 aromatic carbocycles. The second-order valence-corrected chi connectivity index (χ2v) is 7.60. The Bertz CT molecular complexity index is 740. The number of rotatable bonds is 2. The van der Waals surface area contributed by atoms with Crippen molar-refractivity contribution < 1.29 is 4.79 Å². The van der Waals surface area contributed by atoms with Crippen molar-refractivity contribution >= 4 is 11.7 Å². The standard InChI is InChI=1S/C19H26N4O/c1-19(2,3)14-9-7-13(8-10-14)16-6-5-11-23(16)18(24)15-12-21-22(4)17(15)20/h7-10,12,16H,5-6,11,20H2,1-4H3. The predicted molar refractivity (Wildman–Crippen MR) is 95.8 cm³/mol. The zero-order valence-electron chi connectivity index (χ0n) is 14.9. The average molecular weight is 326 g/mol. The number of benzene rings is 1. The molecule has 1 atom stereocenters. The molecule has 1 aliphatic rings. The van der Waals surface area contributed by atoms with Crippen LogP contribution in [0, 0.1) is 0 Å². The third kappa shape index (κ3) is 2.90. The largest absolute Gasteiger partial charge is 0.383 e. The Hall–Kier alpha value is -2.30. The van der Waals surface area contributed by atoms with Gasteiger partial charge in [-0.2, -0.15) is 5.10 Å². The summed E-state index contributed by atoms with van der Waals surface area (Å²) in [5, 5.41) is 4.09. The minimum Gasteiger partial charge on any atom is -0.383 e. The molecule has 1 saturated heterocycles. The molecule has 2 aromatic rings. The molecule has 1 fully saturated rings. The van der Waals surface area contributed by atoms with Crippen molar-refractivity contribution in [3.63, 3.8) is 0 Å². The number of nitrogen functional groups attached to an aromatic ring is 1. The van der Waals surface area contributed by atoms with Crippen LogP contribution in [0.1, 0.15) is 61.1 Å². The van der Waals surface area contributed by atoms with Gasteiger partial charge in [-0.25, -0.2) is 0 Å². The van der Waals surface area contributed by atoms with Crippen molar-refractivity contribution in [3.05, 3.63) is 47.2 Å². The fourth-order valence-corrected chi connectivity index (χ4v) is 3.33. The number of carbonyl (C=O) groups excluding carboxylic acids is 1. The molecule has 0 saturated carbocycles. The number of hydrogen-bond acceptors (Lipinski definition) is 3. The number of nitrogens with zero attached hydrogens (tertiary/aromatic N) is 3. The Morgan fingerprint density at radius 2 is 1.92 bits per heavy atom. The summed E-state index contributed by atoms with van der Waals surface area (Å²) in [6.45, 7) is 7.38. The van der Waals surface area contributed by atoms with Crippen molar-refractivity contribution in [1.82, 2.24) is 14.7 Å². The molecule has 2 N–H and O–H groups in total. The quantitative estimate of drug-likeness (QED) is 0.921. The van der Waals surface area contributed by atoms with Gasteiger partial charge in [0, 0.05) is 13.6 Å². The van der Waals surface area contributed by atoms with Crippen LogP contribution in [0.3, 0.4) is 0 Å². The van der Waals surface area contributed by atoms with E-state index in [0.29, 0.717) is 11.4 Å². The number of nitrogens with two attached hydrogens (primary N) is 1. The monoisotopic (exact) mass is 326 g/mol. The number of carbonyl (C=O) groups is 1. The highest BCUT2D eigenvalue weighted by Gasteiger charge is 2.32. The maximum Gasteiger partial charge on any atom is 0.259 e. The minimum atomic E-state index is -0.0250. The van der Waals surface area contributed by atoms with E-state index < -0.39 is 0 Å². The van der Waals surface area contributed by atoms with E-state index in [1.807, 2.05) is 4.90 Å². The van der Waals surface area contributed by atoms with Gasteiger partial charge in [0.2, 0.25) is 0 Å². The van der Waals surface area contributed by atoms with Crippen LogP contribution >= 0.6 is 0 Å². The van der Waals surface area contributed by atoms with Gasteiger partial charge < -0.3 is 10.6 Å². The lowest BCUT2D eigenvalue weighted by atomic mass is 9.86. The van der Waals surface area contributed by atoms with E-state index in [-0.39, 0.29) is 17.4 Å². The van der Waals surface area contributed by atoms with Gasteiger partial charge in [-0.05, 0) is 29.4 Å². The second kappa shape index (κ2) is 5.96. The van der Waals surface area contributed by atoms with Crippen molar-refractivity contribution in [2.45, 2.75) is 45.1 Å². The van der Waals surface area contributed by atoms with Crippen LogP contribution in [-0.2, 0) is 12.5 Å². The van der Waals surface area contributed by atoms with Crippen molar-refractivity contribution in [1.29, 1.82) is 0 Å². The molecule has 0 spiro atoms. The maximum absolute atomic E-state index is 12.9. The fraction of sp³-hybridized carbons (Fsp3) is 0.474. The molecule has 5 nitrogen and oxygen atoms in total. The van der Waals surface area contributed by atoms with Gasteiger partial charge in [0.15, 0.2) is 0 Å². The Labute approximate surface area is 143 Å². The number of anilines is 1. The van der Waals surface area contributed by atoms with E-state index in [4.69, 9.17) is 5.73 Å². The smallest absolute Gasteiger partial charge is 0.259 e. The molecular formula is C19H26N4O. The normalized spacial score (nSPS) is 18.2. The van der Waals surface area contributed by atoms with Crippen molar-refractivity contribution in [3.8, 4) is 0 Å². The molecule has 2 heterocycles. The van der Waals surface area contributed by atoms with E-state index in [9.17, 15) is 4.79 Å². The lowest BCUT2D eigenvalue weighted by Gasteiger charge is -2.26. The van der Waals surface area contributed by atoms with Crippen molar-refractivity contribution in [2.75, 3.05) is 12.3 Å². The molecule has 0 aliphatic carbocycles. The highest BCUT2D eigenvalue weighted by molar-refractivity contribution is 5.98. The summed E-state index contributed by atoms with van der Waals surface area (Å²) in [6.07, 6.45) is 3.56. The maximum atomic E-state index is 12.9. The van der Waals surface area contributed by atoms with Crippen LogP contribution in [0.4, 0.5) is 5.82 Å². The molecule has 0 bridgehead atoms. The summed E-state index contributed by atoms with van der Waals surface area (Å²) >= 11 is 0. The summed E-state index contributed by atoms with van der Waals surface area (Å²) in [5.74, 6) is 0.400. The van der Waals surface area contributed by atoms with Crippen LogP contribution < -0.4 is 5.73 Å². The van der Waals surface area contributed by atoms with E-state index >= 15 is 0 Å². The molecule has 1 aromatic heterocycles. The molecule has 1 amide bonds. The average Bonchev–Trinajstić information content (AvgIpc) is 3.14. The Balaban J connectivity index is 1.85. The molecular weight excluding hydrogens is 300 g/mol. The zero-order valence-corrected chi connectivity index (χ0v) is 14.9. The first kappa shape index (κ1) is 16.6. The highest BCUT2D eigenvalue weighted by Crippen LogP contribution is 2.34. The lowest BCUT2D eigenvalue weighted by Crippen LogP contribution is -2.31. The first-order chi connectivity index (χ1) is 11.3. The van der Waals surface area contributed by atoms with Crippen molar-refractivity contribution in [2.24, 2.45) is 7.05 Å². The zero-order chi connectivity index (χ0) is 17.5. The van der Waals surface area contributed by atoms with Gasteiger partial charge in [-0.1, -0.05) is 45.0 Å². The van der Waals surface area contributed by atoms with Gasteiger partial charge in [0.25, 0.3) is 5.91 Å². The van der Waals surface area contributed by atoms with Gasteiger partial charge >= 0.3 is 0 Å². The molecule has 3 rings (SSSR count). The second-order valence-electron chi connectivity index (χ2n) is 7.60.